The molecule has 5 heteroatoms. The number of aromatic nitrogens is 4. The number of benzene rings is 1. The third-order valence-electron chi connectivity index (χ3n) is 5.52. The average molecular weight is 375 g/mol. The second kappa shape index (κ2) is 7.47. The van der Waals surface area contributed by atoms with Crippen molar-refractivity contribution in [3.05, 3.63) is 71.3 Å². The molecule has 0 saturated heterocycles. The smallest absolute Gasteiger partial charge is 0.0971 e. The van der Waals surface area contributed by atoms with E-state index in [9.17, 15) is 0 Å². The summed E-state index contributed by atoms with van der Waals surface area (Å²) in [5, 5.41) is 8.83. The monoisotopic (exact) mass is 374 g/mol. The van der Waals surface area contributed by atoms with Crippen LogP contribution in [0.2, 0.25) is 0 Å². The van der Waals surface area contributed by atoms with E-state index in [0.717, 1.165) is 30.8 Å². The van der Waals surface area contributed by atoms with Crippen LogP contribution in [-0.4, -0.2) is 31.9 Å². The van der Waals surface area contributed by atoms with Gasteiger partial charge in [-0.25, -0.2) is 4.68 Å². The molecule has 2 aromatic heterocycles. The molecule has 5 nitrogen and oxygen atoms in total. The second-order valence-electron chi connectivity index (χ2n) is 8.71. The number of hydrogen-bond donors (Lipinski definition) is 0. The number of pyridine rings is 1. The first kappa shape index (κ1) is 18.8. The number of para-hydroxylation sites is 1. The summed E-state index contributed by atoms with van der Waals surface area (Å²) >= 11 is 0. The molecule has 3 aromatic rings. The molecule has 0 saturated carbocycles. The predicted molar refractivity (Wildman–Crippen MR) is 110 cm³/mol. The Labute approximate surface area is 167 Å². The Bertz CT molecular complexity index is 953. The van der Waals surface area contributed by atoms with Crippen molar-refractivity contribution in [1.82, 2.24) is 24.9 Å². The number of fused-ring (bicyclic) bond motifs is 1. The van der Waals surface area contributed by atoms with E-state index < -0.39 is 0 Å². The molecular weight excluding hydrogens is 346 g/mol. The van der Waals surface area contributed by atoms with Crippen LogP contribution in [0, 0.1) is 6.07 Å². The molecule has 0 aliphatic heterocycles. The van der Waals surface area contributed by atoms with Crippen molar-refractivity contribution in [1.29, 1.82) is 0 Å². The van der Waals surface area contributed by atoms with Gasteiger partial charge in [0.25, 0.3) is 0 Å². The van der Waals surface area contributed by atoms with Crippen molar-refractivity contribution in [2.24, 2.45) is 0 Å². The van der Waals surface area contributed by atoms with Crippen LogP contribution in [0.15, 0.2) is 42.7 Å². The summed E-state index contributed by atoms with van der Waals surface area (Å²) < 4.78 is 1.86. The fraction of sp³-hybridized carbons (Fsp3) is 0.435. The molecule has 0 amide bonds. The van der Waals surface area contributed by atoms with Crippen LogP contribution in [0.4, 0.5) is 0 Å². The Balaban J connectivity index is 1.56. The number of hydrogen-bond acceptors (Lipinski definition) is 4. The Morgan fingerprint density at radius 1 is 1.25 bits per heavy atom. The van der Waals surface area contributed by atoms with Crippen LogP contribution in [0.25, 0.3) is 5.69 Å². The average Bonchev–Trinajstić information content (AvgIpc) is 3.15. The lowest BCUT2D eigenvalue weighted by Crippen LogP contribution is -2.28. The highest BCUT2D eigenvalue weighted by Gasteiger charge is 2.26. The van der Waals surface area contributed by atoms with E-state index in [0.29, 0.717) is 6.04 Å². The minimum Gasteiger partial charge on any atom is -0.292 e. The normalized spacial score (nSPS) is 17.0. The lowest BCUT2D eigenvalue weighted by molar-refractivity contribution is 0.206. The van der Waals surface area contributed by atoms with Crippen LogP contribution >= 0.6 is 0 Å². The summed E-state index contributed by atoms with van der Waals surface area (Å²) in [6, 6.07) is 14.0. The second-order valence-corrected chi connectivity index (χ2v) is 8.71. The molecule has 4 rings (SSSR count). The summed E-state index contributed by atoms with van der Waals surface area (Å²) in [6.07, 6.45) is 7.40. The molecule has 145 valence electrons. The standard InChI is InChI=1S/C23H28N5/c1-23(2,3)19-11-5-6-12-20(19)28-16-18(25-26-28)15-27(4)21-13-7-9-17-10-8-14-24-22(17)21/h5-6,8,10-11,14,16,21H,7,9,13,15H2,1-4H3. The molecule has 1 aliphatic carbocycles. The van der Waals surface area contributed by atoms with E-state index in [1.807, 2.05) is 35.3 Å². The van der Waals surface area contributed by atoms with Gasteiger partial charge in [-0.2, -0.15) is 0 Å². The van der Waals surface area contributed by atoms with Gasteiger partial charge in [0.05, 0.1) is 29.3 Å². The topological polar surface area (TPSA) is 46.8 Å². The molecule has 2 heterocycles. The van der Waals surface area contributed by atoms with Gasteiger partial charge in [0.1, 0.15) is 0 Å². The van der Waals surface area contributed by atoms with Gasteiger partial charge in [-0.05, 0) is 48.9 Å². The van der Waals surface area contributed by atoms with Crippen molar-refractivity contribution in [2.45, 2.75) is 58.0 Å². The highest BCUT2D eigenvalue weighted by molar-refractivity contribution is 5.43. The van der Waals surface area contributed by atoms with Crippen LogP contribution in [-0.2, 0) is 18.4 Å². The third-order valence-corrected chi connectivity index (χ3v) is 5.52. The molecule has 1 unspecified atom stereocenters. The molecular formula is C23H28N5. The van der Waals surface area contributed by atoms with E-state index in [4.69, 9.17) is 0 Å². The molecule has 0 spiro atoms. The fourth-order valence-corrected chi connectivity index (χ4v) is 4.08. The SMILES string of the molecule is CN(Cc1cn(-c2[c]cccc2C(C)(C)C)nn1)C1CCCc2cccnc21. The highest BCUT2D eigenvalue weighted by atomic mass is 15.4. The van der Waals surface area contributed by atoms with Gasteiger partial charge in [0.2, 0.25) is 0 Å². The van der Waals surface area contributed by atoms with E-state index in [1.165, 1.54) is 23.2 Å². The largest absolute Gasteiger partial charge is 0.292 e. The van der Waals surface area contributed by atoms with Crippen molar-refractivity contribution in [2.75, 3.05) is 7.05 Å². The molecule has 0 bridgehead atoms. The Kier molecular flexibility index (Phi) is 5.02. The zero-order valence-corrected chi connectivity index (χ0v) is 17.2. The summed E-state index contributed by atoms with van der Waals surface area (Å²) in [6.45, 7) is 7.37. The number of nitrogens with zero attached hydrogens (tertiary/aromatic N) is 5. The van der Waals surface area contributed by atoms with Crippen molar-refractivity contribution in [3.8, 4) is 5.69 Å². The van der Waals surface area contributed by atoms with Crippen LogP contribution in [0.3, 0.4) is 0 Å². The van der Waals surface area contributed by atoms with Gasteiger partial charge in [-0.3, -0.25) is 9.88 Å². The van der Waals surface area contributed by atoms with Gasteiger partial charge in [-0.15, -0.1) is 5.10 Å². The fourth-order valence-electron chi connectivity index (χ4n) is 4.08. The van der Waals surface area contributed by atoms with Crippen LogP contribution < -0.4 is 0 Å². The van der Waals surface area contributed by atoms with Crippen molar-refractivity contribution in [3.63, 3.8) is 0 Å². The first-order valence-electron chi connectivity index (χ1n) is 10.0. The maximum absolute atomic E-state index is 4.67. The lowest BCUT2D eigenvalue weighted by atomic mass is 9.86. The van der Waals surface area contributed by atoms with E-state index >= 15 is 0 Å². The molecule has 1 aromatic carbocycles. The van der Waals surface area contributed by atoms with Crippen molar-refractivity contribution >= 4 is 0 Å². The minimum atomic E-state index is 0.0213. The molecule has 28 heavy (non-hydrogen) atoms. The first-order chi connectivity index (χ1) is 13.4. The summed E-state index contributed by atoms with van der Waals surface area (Å²) in [4.78, 5) is 7.01. The Hall–Kier alpha value is -2.53. The van der Waals surface area contributed by atoms with Gasteiger partial charge < -0.3 is 0 Å². The first-order valence-corrected chi connectivity index (χ1v) is 10.0. The molecule has 1 atom stereocenters. The zero-order valence-electron chi connectivity index (χ0n) is 17.2. The maximum Gasteiger partial charge on any atom is 0.0971 e. The van der Waals surface area contributed by atoms with E-state index in [1.54, 1.807) is 0 Å². The van der Waals surface area contributed by atoms with Gasteiger partial charge in [0.15, 0.2) is 0 Å². The van der Waals surface area contributed by atoms with Crippen molar-refractivity contribution < 1.29 is 0 Å². The Morgan fingerprint density at radius 3 is 2.93 bits per heavy atom. The number of aryl methyl sites for hydroxylation is 1. The molecule has 0 fully saturated rings. The van der Waals surface area contributed by atoms with Crippen LogP contribution in [0.1, 0.15) is 62.2 Å². The summed E-state index contributed by atoms with van der Waals surface area (Å²) in [5.74, 6) is 0. The number of rotatable bonds is 4. The van der Waals surface area contributed by atoms with Gasteiger partial charge in [-0.1, -0.05) is 50.3 Å². The zero-order chi connectivity index (χ0) is 19.7. The molecule has 1 radical (unpaired) electrons. The molecule has 0 N–H and O–H groups in total. The van der Waals surface area contributed by atoms with Gasteiger partial charge >= 0.3 is 0 Å². The van der Waals surface area contributed by atoms with E-state index in [2.05, 4.69) is 66.2 Å². The highest BCUT2D eigenvalue weighted by Crippen LogP contribution is 2.32. The summed E-state index contributed by atoms with van der Waals surface area (Å²) in [5.41, 5.74) is 5.76. The maximum atomic E-state index is 4.67. The van der Waals surface area contributed by atoms with Crippen LogP contribution in [0.5, 0.6) is 0 Å². The lowest BCUT2D eigenvalue weighted by Gasteiger charge is -2.31. The predicted octanol–water partition coefficient (Wildman–Crippen LogP) is 4.27. The molecule has 1 aliphatic rings. The minimum absolute atomic E-state index is 0.0213. The summed E-state index contributed by atoms with van der Waals surface area (Å²) in [7, 11) is 2.16. The third kappa shape index (κ3) is 3.72. The van der Waals surface area contributed by atoms with E-state index in [-0.39, 0.29) is 5.41 Å². The quantitative estimate of drug-likeness (QED) is 0.684. The Morgan fingerprint density at radius 2 is 2.11 bits per heavy atom. The van der Waals surface area contributed by atoms with Gasteiger partial charge in [0, 0.05) is 18.8 Å².